The number of aromatic nitrogens is 2. The molecule has 3 aromatic carbocycles. The molecular weight excluding hydrogens is 462 g/mol. The van der Waals surface area contributed by atoms with Gasteiger partial charge in [0.1, 0.15) is 11.5 Å². The summed E-state index contributed by atoms with van der Waals surface area (Å²) in [6.45, 7) is 6.83. The van der Waals surface area contributed by atoms with Crippen LogP contribution >= 0.6 is 0 Å². The third-order valence-corrected chi connectivity index (χ3v) is 6.75. The van der Waals surface area contributed by atoms with E-state index in [2.05, 4.69) is 32.7 Å². The van der Waals surface area contributed by atoms with Crippen molar-refractivity contribution < 1.29 is 9.53 Å². The summed E-state index contributed by atoms with van der Waals surface area (Å²) in [5.41, 5.74) is 5.31. The van der Waals surface area contributed by atoms with Crippen LogP contribution in [0.15, 0.2) is 79.3 Å². The van der Waals surface area contributed by atoms with Gasteiger partial charge in [0.25, 0.3) is 5.91 Å². The summed E-state index contributed by atoms with van der Waals surface area (Å²) in [6, 6.07) is 21.9. The summed E-state index contributed by atoms with van der Waals surface area (Å²) >= 11 is 0. The molecule has 1 saturated heterocycles. The maximum Gasteiger partial charge on any atom is 0.255 e. The number of amides is 1. The Morgan fingerprint density at radius 2 is 1.92 bits per heavy atom. The van der Waals surface area contributed by atoms with Gasteiger partial charge in [-0.25, -0.2) is 4.98 Å². The molecule has 7 nitrogen and oxygen atoms in total. The molecule has 1 aromatic heterocycles. The molecule has 1 aliphatic heterocycles. The summed E-state index contributed by atoms with van der Waals surface area (Å²) in [6.07, 6.45) is 4.94. The minimum absolute atomic E-state index is 0.181. The minimum atomic E-state index is -0.181. The highest BCUT2D eigenvalue weighted by Crippen LogP contribution is 2.27. The second-order valence-corrected chi connectivity index (χ2v) is 9.67. The number of nitrogens with one attached hydrogen (secondary N) is 2. The van der Waals surface area contributed by atoms with Crippen molar-refractivity contribution in [1.29, 1.82) is 0 Å². The van der Waals surface area contributed by atoms with Crippen LogP contribution in [0.25, 0.3) is 5.69 Å². The van der Waals surface area contributed by atoms with Gasteiger partial charge in [0.05, 0.1) is 12.0 Å². The topological polar surface area (TPSA) is 71.4 Å². The van der Waals surface area contributed by atoms with Crippen LogP contribution in [-0.4, -0.2) is 46.5 Å². The summed E-state index contributed by atoms with van der Waals surface area (Å²) < 4.78 is 8.03. The smallest absolute Gasteiger partial charge is 0.255 e. The molecule has 0 saturated carbocycles. The molecule has 0 radical (unpaired) electrons. The van der Waals surface area contributed by atoms with Crippen LogP contribution < -0.4 is 15.4 Å². The monoisotopic (exact) mass is 495 g/mol. The number of imidazole rings is 1. The van der Waals surface area contributed by atoms with Gasteiger partial charge in [-0.05, 0) is 80.9 Å². The second-order valence-electron chi connectivity index (χ2n) is 9.67. The molecule has 37 heavy (non-hydrogen) atoms. The molecule has 0 aliphatic carbocycles. The van der Waals surface area contributed by atoms with Gasteiger partial charge in [-0.1, -0.05) is 24.3 Å². The first-order valence-corrected chi connectivity index (χ1v) is 12.7. The van der Waals surface area contributed by atoms with Gasteiger partial charge in [0, 0.05) is 48.8 Å². The number of carbonyl (C=O) groups excluding carboxylic acids is 1. The van der Waals surface area contributed by atoms with Crippen molar-refractivity contribution in [3.05, 3.63) is 102 Å². The number of para-hydroxylation sites is 1. The first-order chi connectivity index (χ1) is 18.0. The lowest BCUT2D eigenvalue weighted by molar-refractivity contribution is 0.102. The number of benzene rings is 3. The molecule has 1 unspecified atom stereocenters. The van der Waals surface area contributed by atoms with Gasteiger partial charge >= 0.3 is 0 Å². The molecule has 1 aliphatic rings. The largest absolute Gasteiger partial charge is 0.457 e. The lowest BCUT2D eigenvalue weighted by Gasteiger charge is -2.18. The molecule has 0 spiro atoms. The van der Waals surface area contributed by atoms with Crippen LogP contribution in [-0.2, 0) is 6.54 Å². The number of anilines is 1. The Hall–Kier alpha value is -3.94. The highest BCUT2D eigenvalue weighted by atomic mass is 16.5. The fraction of sp³-hybridized carbons (Fsp3) is 0.267. The van der Waals surface area contributed by atoms with Crippen molar-refractivity contribution in [2.75, 3.05) is 25.5 Å². The third-order valence-electron chi connectivity index (χ3n) is 6.75. The summed E-state index contributed by atoms with van der Waals surface area (Å²) in [5, 5.41) is 6.49. The van der Waals surface area contributed by atoms with Gasteiger partial charge < -0.3 is 19.9 Å². The summed E-state index contributed by atoms with van der Waals surface area (Å²) in [5.74, 6) is 1.22. The lowest BCUT2D eigenvalue weighted by atomic mass is 10.1. The van der Waals surface area contributed by atoms with Crippen LogP contribution in [0.3, 0.4) is 0 Å². The lowest BCUT2D eigenvalue weighted by Crippen LogP contribution is -2.29. The summed E-state index contributed by atoms with van der Waals surface area (Å²) in [4.78, 5) is 20.1. The Labute approximate surface area is 218 Å². The average Bonchev–Trinajstić information content (AvgIpc) is 3.54. The fourth-order valence-electron chi connectivity index (χ4n) is 4.69. The molecule has 7 heteroatoms. The van der Waals surface area contributed by atoms with Crippen LogP contribution in [0.2, 0.25) is 0 Å². The fourth-order valence-corrected chi connectivity index (χ4v) is 4.69. The Morgan fingerprint density at radius 1 is 1.08 bits per heavy atom. The normalized spacial score (nSPS) is 15.6. The first-order valence-electron chi connectivity index (χ1n) is 12.7. The molecule has 190 valence electrons. The van der Waals surface area contributed by atoms with E-state index in [9.17, 15) is 4.79 Å². The zero-order chi connectivity index (χ0) is 25.8. The number of rotatable bonds is 8. The maximum absolute atomic E-state index is 13.3. The summed E-state index contributed by atoms with van der Waals surface area (Å²) in [7, 11) is 2.02. The number of carbonyl (C=O) groups is 1. The molecule has 2 N–H and O–H groups in total. The molecule has 4 aromatic rings. The maximum atomic E-state index is 13.3. The molecule has 1 amide bonds. The predicted octanol–water partition coefficient (Wildman–Crippen LogP) is 5.33. The van der Waals surface area contributed by atoms with E-state index >= 15 is 0 Å². The van der Waals surface area contributed by atoms with Crippen LogP contribution in [0.4, 0.5) is 5.69 Å². The van der Waals surface area contributed by atoms with Gasteiger partial charge in [-0.15, -0.1) is 0 Å². The van der Waals surface area contributed by atoms with Gasteiger partial charge in [-0.2, -0.15) is 0 Å². The Kier molecular flexibility index (Phi) is 7.35. The number of likely N-dealkylation sites (tertiary alicyclic amines) is 1. The Morgan fingerprint density at radius 3 is 2.65 bits per heavy atom. The quantitative estimate of drug-likeness (QED) is 0.346. The Balaban J connectivity index is 1.39. The van der Waals surface area contributed by atoms with Crippen LogP contribution in [0.5, 0.6) is 11.5 Å². The van der Waals surface area contributed by atoms with E-state index in [1.54, 1.807) is 12.4 Å². The van der Waals surface area contributed by atoms with Crippen LogP contribution in [0.1, 0.15) is 33.6 Å². The third kappa shape index (κ3) is 6.07. The van der Waals surface area contributed by atoms with E-state index in [0.717, 1.165) is 60.0 Å². The highest BCUT2D eigenvalue weighted by Gasteiger charge is 2.21. The number of ether oxygens (including phenoxy) is 1. The van der Waals surface area contributed by atoms with E-state index in [1.807, 2.05) is 80.2 Å². The number of nitrogens with zero attached hydrogens (tertiary/aromatic N) is 3. The minimum Gasteiger partial charge on any atom is -0.457 e. The van der Waals surface area contributed by atoms with E-state index in [1.165, 1.54) is 0 Å². The van der Waals surface area contributed by atoms with Crippen molar-refractivity contribution in [1.82, 2.24) is 19.8 Å². The Bertz CT molecular complexity index is 1380. The standard InChI is InChI=1S/C30H33N5O2/c1-21-9-10-24(15-29(21)37-28-7-5-4-6-8-28)30(36)33-26-13-23(18-34-12-11-25(19-34)31-3)14-27(16-26)35-17-22(2)32-20-35/h4-10,13-17,20,25,31H,11-12,18-19H2,1-3H3,(H,33,36). The highest BCUT2D eigenvalue weighted by molar-refractivity contribution is 6.04. The molecular formula is C30H33N5O2. The predicted molar refractivity (Wildman–Crippen MR) is 147 cm³/mol. The molecule has 5 rings (SSSR count). The SMILES string of the molecule is CNC1CCN(Cc2cc(NC(=O)c3ccc(C)c(Oc4ccccc4)c3)cc(-n3cnc(C)c3)c2)C1. The zero-order valence-electron chi connectivity index (χ0n) is 21.6. The van der Waals surface area contributed by atoms with Crippen molar-refractivity contribution in [2.45, 2.75) is 32.9 Å². The van der Waals surface area contributed by atoms with Gasteiger partial charge in [0.2, 0.25) is 0 Å². The van der Waals surface area contributed by atoms with E-state index in [4.69, 9.17) is 4.74 Å². The molecule has 0 bridgehead atoms. The number of hydrogen-bond donors (Lipinski definition) is 2. The molecule has 2 heterocycles. The number of hydrogen-bond acceptors (Lipinski definition) is 5. The number of aryl methyl sites for hydroxylation is 2. The second kappa shape index (κ2) is 11.0. The first kappa shape index (κ1) is 24.7. The van der Waals surface area contributed by atoms with Gasteiger partial charge in [0.15, 0.2) is 0 Å². The zero-order valence-corrected chi connectivity index (χ0v) is 21.6. The van der Waals surface area contributed by atoms with Crippen molar-refractivity contribution >= 4 is 11.6 Å². The van der Waals surface area contributed by atoms with Gasteiger partial charge in [-0.3, -0.25) is 9.69 Å². The van der Waals surface area contributed by atoms with E-state index in [-0.39, 0.29) is 5.91 Å². The molecule has 1 atom stereocenters. The van der Waals surface area contributed by atoms with Crippen LogP contribution in [0, 0.1) is 13.8 Å². The average molecular weight is 496 g/mol. The van der Waals surface area contributed by atoms with Crippen molar-refractivity contribution in [3.63, 3.8) is 0 Å². The van der Waals surface area contributed by atoms with E-state index in [0.29, 0.717) is 17.4 Å². The van der Waals surface area contributed by atoms with Crippen molar-refractivity contribution in [2.24, 2.45) is 0 Å². The van der Waals surface area contributed by atoms with E-state index < -0.39 is 0 Å². The number of likely N-dealkylation sites (N-methyl/N-ethyl adjacent to an activating group) is 1. The van der Waals surface area contributed by atoms with Crippen molar-refractivity contribution in [3.8, 4) is 17.2 Å². The molecule has 1 fully saturated rings.